The van der Waals surface area contributed by atoms with Crippen molar-refractivity contribution >= 4 is 37.9 Å². The maximum atomic E-state index is 13.0. The number of nitrogens with zero attached hydrogens (tertiary/aromatic N) is 2. The van der Waals surface area contributed by atoms with Crippen LogP contribution in [0, 0.1) is 6.92 Å². The highest BCUT2D eigenvalue weighted by molar-refractivity contribution is 7.91. The van der Waals surface area contributed by atoms with Gasteiger partial charge >= 0.3 is 0 Å². The molecule has 1 aromatic carbocycles. The smallest absolute Gasteiger partial charge is 0.280 e. The lowest BCUT2D eigenvalue weighted by molar-refractivity contribution is -0.110. The molecule has 1 heterocycles. The van der Waals surface area contributed by atoms with E-state index in [-0.39, 0.29) is 28.6 Å². The standard InChI is InChI=1S/C22H29N3O6S2/c1-15-14-23-22(32-15)24-21(26)20(25-31-18-8-7-17(13-18)30-3)16-5-9-19(10-6-16)33(27,28)12-4-11-29-2/h5-6,9-10,14,17-18H,4,7-8,11-13H2,1-3H3,(H,23,24,26)/t17-,18-/m1/s1. The number of carbonyl (C=O) groups excluding carboxylic acids is 1. The summed E-state index contributed by atoms with van der Waals surface area (Å²) in [7, 11) is -0.255. The molecule has 2 aromatic rings. The van der Waals surface area contributed by atoms with Gasteiger partial charge in [0.05, 0.1) is 16.8 Å². The van der Waals surface area contributed by atoms with Gasteiger partial charge in [0, 0.05) is 43.9 Å². The molecule has 180 valence electrons. The highest BCUT2D eigenvalue weighted by Crippen LogP contribution is 2.25. The summed E-state index contributed by atoms with van der Waals surface area (Å²) >= 11 is 1.35. The molecule has 1 amide bonds. The van der Waals surface area contributed by atoms with E-state index in [2.05, 4.69) is 15.5 Å². The maximum Gasteiger partial charge on any atom is 0.280 e. The van der Waals surface area contributed by atoms with E-state index in [1.807, 2.05) is 6.92 Å². The molecule has 1 aliphatic rings. The number of oxime groups is 1. The Morgan fingerprint density at radius 2 is 1.94 bits per heavy atom. The van der Waals surface area contributed by atoms with Crippen LogP contribution in [0.4, 0.5) is 5.13 Å². The van der Waals surface area contributed by atoms with Crippen LogP contribution in [0.25, 0.3) is 0 Å². The molecule has 1 aromatic heterocycles. The number of hydrogen-bond donors (Lipinski definition) is 1. The SMILES string of the molecule is COCCCS(=O)(=O)c1ccc(C(=NO[C@@H]2CC[C@@H](OC)C2)C(=O)Nc2ncc(C)s2)cc1. The van der Waals surface area contributed by atoms with Crippen LogP contribution in [0.3, 0.4) is 0 Å². The number of anilines is 1. The fourth-order valence-corrected chi connectivity index (χ4v) is 5.41. The van der Waals surface area contributed by atoms with Gasteiger partial charge in [0.25, 0.3) is 5.91 Å². The van der Waals surface area contributed by atoms with Crippen molar-refractivity contribution in [1.82, 2.24) is 4.98 Å². The Morgan fingerprint density at radius 1 is 1.21 bits per heavy atom. The van der Waals surface area contributed by atoms with Gasteiger partial charge in [-0.25, -0.2) is 13.4 Å². The molecule has 0 aliphatic heterocycles. The largest absolute Gasteiger partial charge is 0.392 e. The fraction of sp³-hybridized carbons (Fsp3) is 0.500. The Morgan fingerprint density at radius 3 is 2.55 bits per heavy atom. The molecule has 3 rings (SSSR count). The summed E-state index contributed by atoms with van der Waals surface area (Å²) in [4.78, 5) is 24.0. The average Bonchev–Trinajstić information content (AvgIpc) is 3.43. The van der Waals surface area contributed by atoms with Gasteiger partial charge in [0.2, 0.25) is 0 Å². The lowest BCUT2D eigenvalue weighted by Gasteiger charge is -2.12. The molecule has 1 saturated carbocycles. The van der Waals surface area contributed by atoms with Crippen molar-refractivity contribution in [3.8, 4) is 0 Å². The number of methoxy groups -OCH3 is 2. The van der Waals surface area contributed by atoms with Gasteiger partial charge in [0.1, 0.15) is 6.10 Å². The van der Waals surface area contributed by atoms with Gasteiger partial charge in [-0.2, -0.15) is 0 Å². The van der Waals surface area contributed by atoms with Crippen LogP contribution >= 0.6 is 11.3 Å². The molecule has 9 nitrogen and oxygen atoms in total. The molecular weight excluding hydrogens is 466 g/mol. The number of carbonyl (C=O) groups is 1. The van der Waals surface area contributed by atoms with E-state index in [0.717, 1.165) is 17.7 Å². The van der Waals surface area contributed by atoms with E-state index in [9.17, 15) is 13.2 Å². The quantitative estimate of drug-likeness (QED) is 0.289. The number of nitrogens with one attached hydrogen (secondary N) is 1. The molecule has 0 radical (unpaired) electrons. The molecule has 1 N–H and O–H groups in total. The summed E-state index contributed by atoms with van der Waals surface area (Å²) in [6, 6.07) is 6.07. The number of benzene rings is 1. The van der Waals surface area contributed by atoms with Crippen molar-refractivity contribution in [2.75, 3.05) is 31.9 Å². The van der Waals surface area contributed by atoms with Gasteiger partial charge < -0.3 is 14.3 Å². The topological polar surface area (TPSA) is 116 Å². The number of thiazole rings is 1. The zero-order valence-electron chi connectivity index (χ0n) is 18.9. The molecule has 33 heavy (non-hydrogen) atoms. The number of hydrogen-bond acceptors (Lipinski definition) is 9. The zero-order valence-corrected chi connectivity index (χ0v) is 20.6. The Balaban J connectivity index is 1.80. The molecule has 11 heteroatoms. The van der Waals surface area contributed by atoms with Gasteiger partial charge in [-0.05, 0) is 38.3 Å². The first-order valence-electron chi connectivity index (χ1n) is 10.6. The summed E-state index contributed by atoms with van der Waals surface area (Å²) in [6.45, 7) is 2.26. The molecule has 0 unspecified atom stereocenters. The van der Waals surface area contributed by atoms with Gasteiger partial charge in [0.15, 0.2) is 20.7 Å². The second-order valence-electron chi connectivity index (χ2n) is 7.76. The van der Waals surface area contributed by atoms with E-state index in [0.29, 0.717) is 30.1 Å². The van der Waals surface area contributed by atoms with Crippen LogP contribution < -0.4 is 5.32 Å². The molecule has 0 saturated heterocycles. The van der Waals surface area contributed by atoms with E-state index in [1.54, 1.807) is 25.4 Å². The number of aromatic nitrogens is 1. The fourth-order valence-electron chi connectivity index (χ4n) is 3.46. The second kappa shape index (κ2) is 11.7. The lowest BCUT2D eigenvalue weighted by atomic mass is 10.1. The van der Waals surface area contributed by atoms with Gasteiger partial charge in [-0.3, -0.25) is 10.1 Å². The third kappa shape index (κ3) is 7.07. The maximum absolute atomic E-state index is 13.0. The molecule has 2 atom stereocenters. The van der Waals surface area contributed by atoms with E-state index in [4.69, 9.17) is 14.3 Å². The summed E-state index contributed by atoms with van der Waals surface area (Å²) in [5.74, 6) is -0.502. The van der Waals surface area contributed by atoms with Crippen LogP contribution in [0.5, 0.6) is 0 Å². The van der Waals surface area contributed by atoms with Crippen molar-refractivity contribution < 1.29 is 27.5 Å². The molecule has 0 bridgehead atoms. The number of aryl methyl sites for hydroxylation is 1. The van der Waals surface area contributed by atoms with Gasteiger partial charge in [-0.15, -0.1) is 11.3 Å². The summed E-state index contributed by atoms with van der Waals surface area (Å²) in [5.41, 5.74) is 0.491. The number of ether oxygens (including phenoxy) is 2. The predicted octanol–water partition coefficient (Wildman–Crippen LogP) is 3.19. The summed E-state index contributed by atoms with van der Waals surface area (Å²) in [5, 5.41) is 7.34. The van der Waals surface area contributed by atoms with Crippen molar-refractivity contribution in [2.45, 2.75) is 49.7 Å². The van der Waals surface area contributed by atoms with Crippen molar-refractivity contribution in [3.63, 3.8) is 0 Å². The first kappa shape index (κ1) is 25.3. The first-order chi connectivity index (χ1) is 15.8. The number of amides is 1. The lowest BCUT2D eigenvalue weighted by Crippen LogP contribution is -2.25. The molecule has 1 fully saturated rings. The van der Waals surface area contributed by atoms with Crippen molar-refractivity contribution in [2.24, 2.45) is 5.16 Å². The van der Waals surface area contributed by atoms with Crippen LogP contribution in [0.2, 0.25) is 0 Å². The normalized spacial score (nSPS) is 18.9. The Hall–Kier alpha value is -2.34. The van der Waals surface area contributed by atoms with Crippen LogP contribution in [-0.4, -0.2) is 63.8 Å². The average molecular weight is 496 g/mol. The first-order valence-corrected chi connectivity index (χ1v) is 13.1. The predicted molar refractivity (Wildman–Crippen MR) is 127 cm³/mol. The highest BCUT2D eigenvalue weighted by atomic mass is 32.2. The second-order valence-corrected chi connectivity index (χ2v) is 11.1. The minimum absolute atomic E-state index is 0.0174. The van der Waals surface area contributed by atoms with Crippen molar-refractivity contribution in [3.05, 3.63) is 40.9 Å². The number of sulfone groups is 1. The van der Waals surface area contributed by atoms with E-state index in [1.165, 1.54) is 30.6 Å². The highest BCUT2D eigenvalue weighted by Gasteiger charge is 2.27. The summed E-state index contributed by atoms with van der Waals surface area (Å²) in [6.07, 6.45) is 4.37. The van der Waals surface area contributed by atoms with Gasteiger partial charge in [-0.1, -0.05) is 17.3 Å². The molecule has 0 spiro atoms. The van der Waals surface area contributed by atoms with E-state index < -0.39 is 15.7 Å². The van der Waals surface area contributed by atoms with Crippen LogP contribution in [0.15, 0.2) is 40.5 Å². The Labute approximate surface area is 198 Å². The summed E-state index contributed by atoms with van der Waals surface area (Å²) < 4.78 is 35.3. The van der Waals surface area contributed by atoms with Crippen LogP contribution in [0.1, 0.15) is 36.1 Å². The minimum Gasteiger partial charge on any atom is -0.392 e. The Bertz CT molecular complexity index is 1070. The number of rotatable bonds is 11. The van der Waals surface area contributed by atoms with Crippen molar-refractivity contribution in [1.29, 1.82) is 0 Å². The Kier molecular flexibility index (Phi) is 8.95. The monoisotopic (exact) mass is 495 g/mol. The van der Waals surface area contributed by atoms with E-state index >= 15 is 0 Å². The van der Waals surface area contributed by atoms with Crippen LogP contribution in [-0.2, 0) is 28.9 Å². The zero-order chi connectivity index (χ0) is 23.8. The molecule has 1 aliphatic carbocycles. The molecular formula is C22H29N3O6S2. The third-order valence-electron chi connectivity index (χ3n) is 5.27. The third-order valence-corrected chi connectivity index (χ3v) is 7.91. The minimum atomic E-state index is -3.45.